The Morgan fingerprint density at radius 3 is 2.78 bits per heavy atom. The molecule has 0 spiro atoms. The van der Waals surface area contributed by atoms with Gasteiger partial charge in [-0.1, -0.05) is 0 Å². The average Bonchev–Trinajstić information content (AvgIpc) is 3.10. The van der Waals surface area contributed by atoms with Gasteiger partial charge >= 0.3 is 0 Å². The van der Waals surface area contributed by atoms with Gasteiger partial charge < -0.3 is 11.1 Å². The van der Waals surface area contributed by atoms with Crippen molar-refractivity contribution < 1.29 is 9.18 Å². The molecule has 1 saturated carbocycles. The number of amides is 1. The van der Waals surface area contributed by atoms with Crippen LogP contribution in [0.1, 0.15) is 23.2 Å². The summed E-state index contributed by atoms with van der Waals surface area (Å²) in [5.74, 6) is -0.529. The van der Waals surface area contributed by atoms with Crippen molar-refractivity contribution in [2.24, 2.45) is 11.7 Å². The van der Waals surface area contributed by atoms with Gasteiger partial charge in [0.05, 0.1) is 11.8 Å². The highest BCUT2D eigenvalue weighted by atomic mass is 35.5. The molecular formula is C11H16Cl2FN3O. The predicted octanol–water partition coefficient (Wildman–Crippen LogP) is 1.53. The van der Waals surface area contributed by atoms with Gasteiger partial charge in [0.25, 0.3) is 5.91 Å². The van der Waals surface area contributed by atoms with Crippen molar-refractivity contribution in [3.63, 3.8) is 0 Å². The van der Waals surface area contributed by atoms with E-state index >= 15 is 0 Å². The zero-order chi connectivity index (χ0) is 11.5. The molecule has 18 heavy (non-hydrogen) atoms. The second kappa shape index (κ2) is 7.51. The Morgan fingerprint density at radius 2 is 2.22 bits per heavy atom. The number of nitrogens with two attached hydrogens (primary N) is 1. The summed E-state index contributed by atoms with van der Waals surface area (Å²) in [4.78, 5) is 15.2. The monoisotopic (exact) mass is 295 g/mol. The van der Waals surface area contributed by atoms with E-state index in [0.29, 0.717) is 12.5 Å². The van der Waals surface area contributed by atoms with E-state index in [9.17, 15) is 9.18 Å². The Hall–Kier alpha value is -0.910. The lowest BCUT2D eigenvalue weighted by molar-refractivity contribution is 0.0946. The molecule has 4 nitrogen and oxygen atoms in total. The molecule has 1 atom stereocenters. The number of rotatable bonds is 4. The van der Waals surface area contributed by atoms with Gasteiger partial charge in [0.2, 0.25) is 0 Å². The van der Waals surface area contributed by atoms with E-state index < -0.39 is 11.7 Å². The van der Waals surface area contributed by atoms with E-state index in [4.69, 9.17) is 5.73 Å². The van der Waals surface area contributed by atoms with Crippen LogP contribution in [0.25, 0.3) is 0 Å². The van der Waals surface area contributed by atoms with Gasteiger partial charge in [0.1, 0.15) is 0 Å². The van der Waals surface area contributed by atoms with E-state index in [1.54, 1.807) is 0 Å². The predicted molar refractivity (Wildman–Crippen MR) is 71.7 cm³/mol. The normalized spacial score (nSPS) is 15.0. The highest BCUT2D eigenvalue weighted by Crippen LogP contribution is 2.31. The molecule has 1 aromatic heterocycles. The molecular weight excluding hydrogens is 280 g/mol. The first-order chi connectivity index (χ1) is 7.68. The number of carbonyl (C=O) groups excluding carboxylic acids is 1. The third-order valence-corrected chi connectivity index (χ3v) is 2.74. The zero-order valence-corrected chi connectivity index (χ0v) is 11.3. The number of nitrogens with one attached hydrogen (secondary N) is 1. The summed E-state index contributed by atoms with van der Waals surface area (Å²) in [5.41, 5.74) is 5.83. The molecule has 1 unspecified atom stereocenters. The summed E-state index contributed by atoms with van der Waals surface area (Å²) in [5, 5.41) is 2.63. The molecule has 2 rings (SSSR count). The van der Waals surface area contributed by atoms with Crippen molar-refractivity contribution in [2.75, 3.05) is 6.54 Å². The Bertz CT molecular complexity index is 402. The molecule has 1 aromatic rings. The smallest absolute Gasteiger partial charge is 0.254 e. The minimum atomic E-state index is -0.611. The maximum atomic E-state index is 13.2. The third kappa shape index (κ3) is 4.40. The molecule has 1 aliphatic carbocycles. The van der Waals surface area contributed by atoms with E-state index in [1.165, 1.54) is 12.3 Å². The fraction of sp³-hybridized carbons (Fsp3) is 0.455. The van der Waals surface area contributed by atoms with Gasteiger partial charge in [-0.15, -0.1) is 24.8 Å². The maximum absolute atomic E-state index is 13.2. The molecule has 3 N–H and O–H groups in total. The standard InChI is InChI=1S/C11H14FN3O.2ClH/c12-9-5-14-4-3-8(9)11(16)15-6-10(13)7-1-2-7;;/h3-5,7,10H,1-2,6,13H2,(H,15,16);2*1H. The minimum absolute atomic E-state index is 0. The van der Waals surface area contributed by atoms with Crippen molar-refractivity contribution in [1.29, 1.82) is 0 Å². The first-order valence-corrected chi connectivity index (χ1v) is 5.32. The average molecular weight is 296 g/mol. The van der Waals surface area contributed by atoms with Gasteiger partial charge in [-0.25, -0.2) is 4.39 Å². The van der Waals surface area contributed by atoms with Crippen LogP contribution in [0.3, 0.4) is 0 Å². The van der Waals surface area contributed by atoms with Crippen LogP contribution in [0.4, 0.5) is 4.39 Å². The third-order valence-electron chi connectivity index (χ3n) is 2.74. The number of halogens is 3. The van der Waals surface area contributed by atoms with Crippen molar-refractivity contribution in [3.05, 3.63) is 29.8 Å². The molecule has 102 valence electrons. The largest absolute Gasteiger partial charge is 0.350 e. The number of carbonyl (C=O) groups is 1. The van der Waals surface area contributed by atoms with Crippen LogP contribution in [-0.4, -0.2) is 23.5 Å². The topological polar surface area (TPSA) is 68.0 Å². The van der Waals surface area contributed by atoms with E-state index in [2.05, 4.69) is 10.3 Å². The fourth-order valence-electron chi connectivity index (χ4n) is 1.56. The molecule has 1 aliphatic rings. The summed E-state index contributed by atoms with van der Waals surface area (Å²) < 4.78 is 13.2. The SMILES string of the molecule is Cl.Cl.NC(CNC(=O)c1ccncc1F)C1CC1. The highest BCUT2D eigenvalue weighted by molar-refractivity contribution is 5.94. The molecule has 0 aromatic carbocycles. The van der Waals surface area contributed by atoms with Crippen molar-refractivity contribution in [1.82, 2.24) is 10.3 Å². The summed E-state index contributed by atoms with van der Waals surface area (Å²) >= 11 is 0. The second-order valence-electron chi connectivity index (χ2n) is 4.07. The first-order valence-electron chi connectivity index (χ1n) is 5.32. The van der Waals surface area contributed by atoms with E-state index in [1.807, 2.05) is 0 Å². The van der Waals surface area contributed by atoms with Gasteiger partial charge in [0.15, 0.2) is 5.82 Å². The van der Waals surface area contributed by atoms with Crippen LogP contribution < -0.4 is 11.1 Å². The second-order valence-corrected chi connectivity index (χ2v) is 4.07. The van der Waals surface area contributed by atoms with Crippen molar-refractivity contribution in [2.45, 2.75) is 18.9 Å². The van der Waals surface area contributed by atoms with Crippen LogP contribution in [0, 0.1) is 11.7 Å². The summed E-state index contributed by atoms with van der Waals surface area (Å²) in [6, 6.07) is 1.33. The first kappa shape index (κ1) is 17.1. The Labute approximate surface area is 117 Å². The molecule has 1 amide bonds. The van der Waals surface area contributed by atoms with Crippen LogP contribution >= 0.6 is 24.8 Å². The Morgan fingerprint density at radius 1 is 1.56 bits per heavy atom. The number of aromatic nitrogens is 1. The highest BCUT2D eigenvalue weighted by Gasteiger charge is 2.28. The number of hydrogen-bond acceptors (Lipinski definition) is 3. The molecule has 1 heterocycles. The summed E-state index contributed by atoms with van der Waals surface area (Å²) in [6.45, 7) is 0.394. The Kier molecular flexibility index (Phi) is 7.13. The van der Waals surface area contributed by atoms with Gasteiger partial charge in [-0.3, -0.25) is 9.78 Å². The van der Waals surface area contributed by atoms with Crippen LogP contribution in [0.15, 0.2) is 18.5 Å². The molecule has 0 bridgehead atoms. The van der Waals surface area contributed by atoms with Gasteiger partial charge in [-0.05, 0) is 24.8 Å². The van der Waals surface area contributed by atoms with Crippen LogP contribution in [-0.2, 0) is 0 Å². The molecule has 0 aliphatic heterocycles. The zero-order valence-electron chi connectivity index (χ0n) is 9.64. The lowest BCUT2D eigenvalue weighted by Crippen LogP contribution is -2.38. The van der Waals surface area contributed by atoms with Crippen LogP contribution in [0.5, 0.6) is 0 Å². The molecule has 1 fully saturated rings. The quantitative estimate of drug-likeness (QED) is 0.885. The van der Waals surface area contributed by atoms with Gasteiger partial charge in [0, 0.05) is 18.8 Å². The molecule has 0 saturated heterocycles. The van der Waals surface area contributed by atoms with E-state index in [-0.39, 0.29) is 36.4 Å². The lowest BCUT2D eigenvalue weighted by atomic mass is 10.2. The summed E-state index contributed by atoms with van der Waals surface area (Å²) in [7, 11) is 0. The fourth-order valence-corrected chi connectivity index (χ4v) is 1.56. The van der Waals surface area contributed by atoms with Gasteiger partial charge in [-0.2, -0.15) is 0 Å². The van der Waals surface area contributed by atoms with Crippen molar-refractivity contribution in [3.8, 4) is 0 Å². The van der Waals surface area contributed by atoms with Crippen LogP contribution in [0.2, 0.25) is 0 Å². The van der Waals surface area contributed by atoms with E-state index in [0.717, 1.165) is 19.0 Å². The molecule has 7 heteroatoms. The molecule has 0 radical (unpaired) electrons. The van der Waals surface area contributed by atoms with Crippen molar-refractivity contribution >= 4 is 30.7 Å². The Balaban J connectivity index is 0.00000144. The number of pyridine rings is 1. The lowest BCUT2D eigenvalue weighted by Gasteiger charge is -2.11. The minimum Gasteiger partial charge on any atom is -0.350 e. The summed E-state index contributed by atoms with van der Waals surface area (Å²) in [6.07, 6.45) is 4.66. The maximum Gasteiger partial charge on any atom is 0.254 e. The number of hydrogen-bond donors (Lipinski definition) is 2. The number of nitrogens with zero attached hydrogens (tertiary/aromatic N) is 1.